The number of methoxy groups -OCH3 is 1. The zero-order chi connectivity index (χ0) is 14.4. The maximum atomic E-state index is 10.5. The maximum Gasteiger partial charge on any atom is 0.328 e. The fourth-order valence-corrected chi connectivity index (χ4v) is 2.35. The Hall–Kier alpha value is -2.28. The van der Waals surface area contributed by atoms with Crippen LogP contribution in [0.2, 0.25) is 0 Å². The molecule has 7 heteroatoms. The number of H-pyrrole nitrogens is 1. The molecule has 1 heterocycles. The van der Waals surface area contributed by atoms with Gasteiger partial charge in [0.05, 0.1) is 7.11 Å². The van der Waals surface area contributed by atoms with Gasteiger partial charge in [-0.1, -0.05) is 17.8 Å². The SMILES string of the molecule is COc1ccc(C=CC(=O)O)cc1CSc1ncn[nH]1. The zero-order valence-corrected chi connectivity index (χ0v) is 11.6. The van der Waals surface area contributed by atoms with E-state index in [-0.39, 0.29) is 0 Å². The van der Waals surface area contributed by atoms with Crippen molar-refractivity contribution < 1.29 is 14.6 Å². The maximum absolute atomic E-state index is 10.5. The van der Waals surface area contributed by atoms with Crippen LogP contribution in [0.15, 0.2) is 35.8 Å². The largest absolute Gasteiger partial charge is 0.496 e. The third-order valence-electron chi connectivity index (χ3n) is 2.48. The molecule has 2 aromatic rings. The number of thioether (sulfide) groups is 1. The lowest BCUT2D eigenvalue weighted by Crippen LogP contribution is -1.92. The molecule has 0 bridgehead atoms. The number of ether oxygens (including phenoxy) is 1. The van der Waals surface area contributed by atoms with E-state index in [1.807, 2.05) is 12.1 Å². The minimum absolute atomic E-state index is 0.646. The number of nitrogens with one attached hydrogen (secondary N) is 1. The number of aromatic amines is 1. The molecular weight excluding hydrogens is 278 g/mol. The van der Waals surface area contributed by atoms with E-state index in [1.165, 1.54) is 18.1 Å². The average Bonchev–Trinajstić information content (AvgIpc) is 2.96. The van der Waals surface area contributed by atoms with Gasteiger partial charge >= 0.3 is 5.97 Å². The van der Waals surface area contributed by atoms with Gasteiger partial charge in [0.25, 0.3) is 0 Å². The summed E-state index contributed by atoms with van der Waals surface area (Å²) in [5.41, 5.74) is 1.77. The van der Waals surface area contributed by atoms with Crippen LogP contribution < -0.4 is 4.74 Å². The average molecular weight is 291 g/mol. The minimum Gasteiger partial charge on any atom is -0.496 e. The number of aliphatic carboxylic acids is 1. The number of hydrogen-bond acceptors (Lipinski definition) is 5. The fraction of sp³-hybridized carbons (Fsp3) is 0.154. The molecule has 0 aliphatic heterocycles. The minimum atomic E-state index is -0.974. The Bertz CT molecular complexity index is 611. The van der Waals surface area contributed by atoms with Crippen LogP contribution in [0.3, 0.4) is 0 Å². The van der Waals surface area contributed by atoms with E-state index >= 15 is 0 Å². The van der Waals surface area contributed by atoms with Gasteiger partial charge in [-0.2, -0.15) is 5.10 Å². The molecule has 6 nitrogen and oxygen atoms in total. The smallest absolute Gasteiger partial charge is 0.328 e. The number of hydrogen-bond donors (Lipinski definition) is 2. The van der Waals surface area contributed by atoms with Crippen LogP contribution in [-0.4, -0.2) is 33.4 Å². The van der Waals surface area contributed by atoms with E-state index in [0.717, 1.165) is 28.1 Å². The highest BCUT2D eigenvalue weighted by molar-refractivity contribution is 7.98. The first-order chi connectivity index (χ1) is 9.69. The van der Waals surface area contributed by atoms with Crippen molar-refractivity contribution in [2.45, 2.75) is 10.9 Å². The van der Waals surface area contributed by atoms with Crippen LogP contribution in [0, 0.1) is 0 Å². The number of benzene rings is 1. The van der Waals surface area contributed by atoms with Gasteiger partial charge in [0.15, 0.2) is 5.16 Å². The Labute approximate surface area is 119 Å². The molecule has 0 aliphatic rings. The van der Waals surface area contributed by atoms with E-state index < -0.39 is 5.97 Å². The lowest BCUT2D eigenvalue weighted by atomic mass is 10.1. The Morgan fingerprint density at radius 3 is 3.05 bits per heavy atom. The summed E-state index contributed by atoms with van der Waals surface area (Å²) < 4.78 is 5.30. The van der Waals surface area contributed by atoms with E-state index in [0.29, 0.717) is 5.75 Å². The topological polar surface area (TPSA) is 88.1 Å². The fourth-order valence-electron chi connectivity index (χ4n) is 1.59. The van der Waals surface area contributed by atoms with Gasteiger partial charge < -0.3 is 9.84 Å². The molecule has 0 spiro atoms. The van der Waals surface area contributed by atoms with Crippen molar-refractivity contribution in [2.24, 2.45) is 0 Å². The summed E-state index contributed by atoms with van der Waals surface area (Å²) in [5, 5.41) is 15.9. The second-order valence-electron chi connectivity index (χ2n) is 3.82. The van der Waals surface area contributed by atoms with Crippen molar-refractivity contribution >= 4 is 23.8 Å². The Balaban J connectivity index is 2.15. The standard InChI is InChI=1S/C13H13N3O3S/c1-19-11-4-2-9(3-5-12(17)18)6-10(11)7-20-13-14-8-15-16-13/h2-6,8H,7H2,1H3,(H,17,18)(H,14,15,16). The first kappa shape index (κ1) is 14.1. The molecular formula is C13H13N3O3S. The van der Waals surface area contributed by atoms with Crippen molar-refractivity contribution in [3.8, 4) is 5.75 Å². The second-order valence-corrected chi connectivity index (χ2v) is 4.79. The van der Waals surface area contributed by atoms with Gasteiger partial charge in [0.2, 0.25) is 0 Å². The highest BCUT2D eigenvalue weighted by atomic mass is 32.2. The third-order valence-corrected chi connectivity index (χ3v) is 3.41. The molecule has 0 atom stereocenters. The monoisotopic (exact) mass is 291 g/mol. The van der Waals surface area contributed by atoms with E-state index in [1.54, 1.807) is 19.3 Å². The van der Waals surface area contributed by atoms with E-state index in [4.69, 9.17) is 9.84 Å². The van der Waals surface area contributed by atoms with Gasteiger partial charge in [0.1, 0.15) is 12.1 Å². The van der Waals surface area contributed by atoms with E-state index in [9.17, 15) is 4.79 Å². The van der Waals surface area contributed by atoms with Crippen LogP contribution in [0.4, 0.5) is 0 Å². The molecule has 104 valence electrons. The number of carboxylic acid groups (broad SMARTS) is 1. The van der Waals surface area contributed by atoms with Crippen LogP contribution >= 0.6 is 11.8 Å². The Kier molecular flexibility index (Phi) is 4.78. The summed E-state index contributed by atoms with van der Waals surface area (Å²) in [7, 11) is 1.60. The molecule has 0 amide bonds. The predicted octanol–water partition coefficient (Wildman–Crippen LogP) is 2.20. The normalized spacial score (nSPS) is 10.8. The summed E-state index contributed by atoms with van der Waals surface area (Å²) in [6, 6.07) is 5.51. The number of carbonyl (C=O) groups is 1. The lowest BCUT2D eigenvalue weighted by molar-refractivity contribution is -0.131. The van der Waals surface area contributed by atoms with Gasteiger partial charge in [-0.15, -0.1) is 0 Å². The second kappa shape index (κ2) is 6.76. The van der Waals surface area contributed by atoms with Crippen LogP contribution in [-0.2, 0) is 10.5 Å². The first-order valence-electron chi connectivity index (χ1n) is 5.75. The van der Waals surface area contributed by atoms with Gasteiger partial charge in [-0.3, -0.25) is 5.10 Å². The van der Waals surface area contributed by atoms with Crippen LogP contribution in [0.1, 0.15) is 11.1 Å². The van der Waals surface area contributed by atoms with Crippen molar-refractivity contribution in [3.05, 3.63) is 41.7 Å². The van der Waals surface area contributed by atoms with Crippen molar-refractivity contribution in [2.75, 3.05) is 7.11 Å². The highest BCUT2D eigenvalue weighted by Gasteiger charge is 2.06. The number of rotatable bonds is 6. The van der Waals surface area contributed by atoms with E-state index in [2.05, 4.69) is 15.2 Å². The molecule has 0 fully saturated rings. The molecule has 0 saturated heterocycles. The zero-order valence-electron chi connectivity index (χ0n) is 10.7. The van der Waals surface area contributed by atoms with Crippen molar-refractivity contribution in [1.82, 2.24) is 15.2 Å². The molecule has 20 heavy (non-hydrogen) atoms. The lowest BCUT2D eigenvalue weighted by Gasteiger charge is -2.08. The van der Waals surface area contributed by atoms with Crippen molar-refractivity contribution in [3.63, 3.8) is 0 Å². The molecule has 2 rings (SSSR count). The molecule has 2 N–H and O–H groups in total. The summed E-state index contributed by atoms with van der Waals surface area (Å²) >= 11 is 1.49. The summed E-state index contributed by atoms with van der Waals surface area (Å²) in [6.07, 6.45) is 4.10. The molecule has 1 aromatic heterocycles. The van der Waals surface area contributed by atoms with Crippen LogP contribution in [0.5, 0.6) is 5.75 Å². The number of carboxylic acids is 1. The quantitative estimate of drug-likeness (QED) is 0.626. The predicted molar refractivity (Wildman–Crippen MR) is 75.6 cm³/mol. The molecule has 0 saturated carbocycles. The van der Waals surface area contributed by atoms with Crippen molar-refractivity contribution in [1.29, 1.82) is 0 Å². The summed E-state index contributed by atoms with van der Waals surface area (Å²) in [6.45, 7) is 0. The van der Waals surface area contributed by atoms with Gasteiger partial charge in [-0.05, 0) is 23.8 Å². The van der Waals surface area contributed by atoms with Gasteiger partial charge in [-0.25, -0.2) is 9.78 Å². The van der Waals surface area contributed by atoms with Gasteiger partial charge in [0, 0.05) is 17.4 Å². The summed E-state index contributed by atoms with van der Waals surface area (Å²) in [5.74, 6) is 0.426. The third kappa shape index (κ3) is 3.86. The highest BCUT2D eigenvalue weighted by Crippen LogP contribution is 2.27. The molecule has 0 unspecified atom stereocenters. The summed E-state index contributed by atoms with van der Waals surface area (Å²) in [4.78, 5) is 14.6. The Morgan fingerprint density at radius 2 is 2.40 bits per heavy atom. The first-order valence-corrected chi connectivity index (χ1v) is 6.73. The Morgan fingerprint density at radius 1 is 1.55 bits per heavy atom. The van der Waals surface area contributed by atoms with Crippen LogP contribution in [0.25, 0.3) is 6.08 Å². The molecule has 1 aromatic carbocycles. The number of aromatic nitrogens is 3. The number of nitrogens with zero attached hydrogens (tertiary/aromatic N) is 2. The molecule has 0 aliphatic carbocycles. The molecule has 0 radical (unpaired) electrons.